The first-order valence-electron chi connectivity index (χ1n) is 12.5. The highest BCUT2D eigenvalue weighted by Crippen LogP contribution is 2.39. The summed E-state index contributed by atoms with van der Waals surface area (Å²) >= 11 is 0. The van der Waals surface area contributed by atoms with Crippen molar-refractivity contribution < 1.29 is 26.1 Å². The summed E-state index contributed by atoms with van der Waals surface area (Å²) < 4.78 is 58.9. The zero-order chi connectivity index (χ0) is 29.0. The molecule has 6 aromatic rings. The van der Waals surface area contributed by atoms with Gasteiger partial charge in [-0.3, -0.25) is 0 Å². The Labute approximate surface area is 239 Å². The van der Waals surface area contributed by atoms with Gasteiger partial charge in [-0.25, -0.2) is 8.42 Å². The van der Waals surface area contributed by atoms with Crippen molar-refractivity contribution in [2.24, 2.45) is 0 Å². The van der Waals surface area contributed by atoms with Gasteiger partial charge in [-0.05, 0) is 69.6 Å². The van der Waals surface area contributed by atoms with Crippen LogP contribution in [0.25, 0.3) is 32.7 Å². The molecule has 8 heteroatoms. The number of fused-ring (bicyclic) bond motifs is 2. The molecule has 0 fully saturated rings. The van der Waals surface area contributed by atoms with Gasteiger partial charge in [0.1, 0.15) is 0 Å². The molecule has 0 aromatic heterocycles. The number of halogens is 3. The molecule has 0 aliphatic carbocycles. The van der Waals surface area contributed by atoms with Crippen LogP contribution in [0.1, 0.15) is 0 Å². The van der Waals surface area contributed by atoms with E-state index >= 15 is 0 Å². The van der Waals surface area contributed by atoms with Gasteiger partial charge in [-0.2, -0.15) is 13.2 Å². The lowest BCUT2D eigenvalue weighted by Gasteiger charge is -2.13. The molecule has 0 radical (unpaired) electrons. The Morgan fingerprint density at radius 3 is 1.63 bits per heavy atom. The average Bonchev–Trinajstić information content (AvgIpc) is 2.97. The number of hydrogen-bond donors (Lipinski definition) is 0. The Balaban J connectivity index is 0.000000372. The summed E-state index contributed by atoms with van der Waals surface area (Å²) in [7, 11) is -6.31. The van der Waals surface area contributed by atoms with E-state index < -0.39 is 15.6 Å². The molecule has 0 bridgehead atoms. The monoisotopic (exact) mass is 588 g/mol. The largest absolute Gasteiger partial charge is 0.741 e. The Morgan fingerprint density at radius 1 is 0.537 bits per heavy atom. The SMILES string of the molecule is O=S(=O)([O-])C(F)(F)F.c1ccc([S+](c2ccc3ccccc3c2)c2ccccc2-c2ccc3ccccc3c2)cc1. The van der Waals surface area contributed by atoms with Crippen LogP contribution >= 0.6 is 0 Å². The van der Waals surface area contributed by atoms with Gasteiger partial charge in [-0.1, -0.05) is 91.0 Å². The van der Waals surface area contributed by atoms with E-state index in [0.717, 1.165) is 0 Å². The molecule has 0 N–H and O–H groups in total. The number of benzene rings is 6. The van der Waals surface area contributed by atoms with Gasteiger partial charge in [0.15, 0.2) is 24.8 Å². The molecule has 0 amide bonds. The minimum atomic E-state index is -6.09. The molecule has 1 atom stereocenters. The third-order valence-electron chi connectivity index (χ3n) is 6.39. The second-order valence-corrected chi connectivity index (χ2v) is 12.5. The van der Waals surface area contributed by atoms with E-state index in [4.69, 9.17) is 13.0 Å². The zero-order valence-corrected chi connectivity index (χ0v) is 23.1. The van der Waals surface area contributed by atoms with Gasteiger partial charge in [0.25, 0.3) is 0 Å². The molecule has 3 nitrogen and oxygen atoms in total. The van der Waals surface area contributed by atoms with Crippen LogP contribution in [0.15, 0.2) is 154 Å². The van der Waals surface area contributed by atoms with Gasteiger partial charge >= 0.3 is 5.51 Å². The quantitative estimate of drug-likeness (QED) is 0.117. The van der Waals surface area contributed by atoms with Crippen molar-refractivity contribution >= 4 is 42.6 Å². The van der Waals surface area contributed by atoms with Crippen molar-refractivity contribution in [2.45, 2.75) is 20.2 Å². The van der Waals surface area contributed by atoms with Gasteiger partial charge in [0, 0.05) is 11.6 Å². The normalized spacial score (nSPS) is 12.5. The van der Waals surface area contributed by atoms with Crippen LogP contribution in [-0.2, 0) is 21.0 Å². The summed E-state index contributed by atoms with van der Waals surface area (Å²) in [5.74, 6) is 0. The van der Waals surface area contributed by atoms with Gasteiger partial charge in [-0.15, -0.1) is 0 Å². The Bertz CT molecular complexity index is 1920. The molecular weight excluding hydrogens is 565 g/mol. The summed E-state index contributed by atoms with van der Waals surface area (Å²) in [6.45, 7) is 0. The summed E-state index contributed by atoms with van der Waals surface area (Å²) in [5, 5.41) is 5.11. The van der Waals surface area contributed by atoms with E-state index in [1.165, 1.54) is 47.4 Å². The van der Waals surface area contributed by atoms with Gasteiger partial charge in [0.05, 0.1) is 10.9 Å². The molecule has 0 saturated carbocycles. The first-order valence-corrected chi connectivity index (χ1v) is 15.1. The van der Waals surface area contributed by atoms with Crippen molar-refractivity contribution in [1.29, 1.82) is 0 Å². The fourth-order valence-corrected chi connectivity index (χ4v) is 6.76. The van der Waals surface area contributed by atoms with Crippen molar-refractivity contribution in [3.63, 3.8) is 0 Å². The Hall–Kier alpha value is -4.11. The third kappa shape index (κ3) is 6.46. The van der Waals surface area contributed by atoms with Crippen LogP contribution in [0.4, 0.5) is 13.2 Å². The predicted octanol–water partition coefficient (Wildman–Crippen LogP) is 8.81. The lowest BCUT2D eigenvalue weighted by atomic mass is 10.0. The Kier molecular flexibility index (Phi) is 8.17. The van der Waals surface area contributed by atoms with Crippen LogP contribution in [0, 0.1) is 0 Å². The highest BCUT2D eigenvalue weighted by Gasteiger charge is 2.37. The molecule has 0 heterocycles. The molecular formula is C33H23F3O3S2. The second kappa shape index (κ2) is 11.8. The van der Waals surface area contributed by atoms with Gasteiger partial charge in [0.2, 0.25) is 0 Å². The molecule has 6 aromatic carbocycles. The maximum atomic E-state index is 10.7. The molecule has 1 unspecified atom stereocenters. The minimum absolute atomic E-state index is 0.216. The fraction of sp³-hybridized carbons (Fsp3) is 0.0303. The van der Waals surface area contributed by atoms with E-state index in [-0.39, 0.29) is 10.9 Å². The number of alkyl halides is 3. The van der Waals surface area contributed by atoms with E-state index in [1.807, 2.05) is 0 Å². The summed E-state index contributed by atoms with van der Waals surface area (Å²) in [6.07, 6.45) is 0. The topological polar surface area (TPSA) is 57.2 Å². The summed E-state index contributed by atoms with van der Waals surface area (Å²) in [4.78, 5) is 4.03. The molecule has 6 rings (SSSR count). The summed E-state index contributed by atoms with van der Waals surface area (Å²) in [6, 6.07) is 50.7. The van der Waals surface area contributed by atoms with E-state index in [9.17, 15) is 13.2 Å². The van der Waals surface area contributed by atoms with Crippen molar-refractivity contribution in [1.82, 2.24) is 0 Å². The van der Waals surface area contributed by atoms with Crippen molar-refractivity contribution in [2.75, 3.05) is 0 Å². The highest BCUT2D eigenvalue weighted by molar-refractivity contribution is 7.97. The lowest BCUT2D eigenvalue weighted by Crippen LogP contribution is -2.21. The summed E-state index contributed by atoms with van der Waals surface area (Å²) in [5.41, 5.74) is -3.09. The fourth-order valence-electron chi connectivity index (χ4n) is 4.48. The lowest BCUT2D eigenvalue weighted by molar-refractivity contribution is -0.0517. The third-order valence-corrected chi connectivity index (χ3v) is 9.22. The van der Waals surface area contributed by atoms with E-state index in [2.05, 4.69) is 140 Å². The molecule has 0 aliphatic rings. The standard InChI is InChI=1S/C32H23S.CHF3O3S/c1-2-14-29(15-3-1)33(30-21-20-25-11-5-7-13-27(25)23-30)32-17-9-8-16-31(32)28-19-18-24-10-4-6-12-26(24)22-28;2-1(3,4)8(5,6)7/h1-23H;(H,5,6,7)/q+1;/p-1. The second-order valence-electron chi connectivity index (χ2n) is 9.09. The van der Waals surface area contributed by atoms with E-state index in [1.54, 1.807) is 0 Å². The average molecular weight is 589 g/mol. The highest BCUT2D eigenvalue weighted by atomic mass is 32.2. The van der Waals surface area contributed by atoms with Crippen molar-refractivity contribution in [3.8, 4) is 11.1 Å². The maximum absolute atomic E-state index is 10.7. The first kappa shape index (κ1) is 28.4. The maximum Gasteiger partial charge on any atom is 0.485 e. The number of rotatable bonds is 4. The first-order chi connectivity index (χ1) is 19.6. The van der Waals surface area contributed by atoms with Gasteiger partial charge < -0.3 is 4.55 Å². The van der Waals surface area contributed by atoms with Crippen LogP contribution < -0.4 is 0 Å². The zero-order valence-electron chi connectivity index (χ0n) is 21.5. The predicted molar refractivity (Wildman–Crippen MR) is 158 cm³/mol. The smallest absolute Gasteiger partial charge is 0.485 e. The number of hydrogen-bond acceptors (Lipinski definition) is 3. The molecule has 0 saturated heterocycles. The van der Waals surface area contributed by atoms with Crippen LogP contribution in [0.5, 0.6) is 0 Å². The molecule has 41 heavy (non-hydrogen) atoms. The Morgan fingerprint density at radius 2 is 1.02 bits per heavy atom. The van der Waals surface area contributed by atoms with Crippen molar-refractivity contribution in [3.05, 3.63) is 140 Å². The molecule has 0 aliphatic heterocycles. The van der Waals surface area contributed by atoms with Crippen LogP contribution in [0.3, 0.4) is 0 Å². The van der Waals surface area contributed by atoms with E-state index in [0.29, 0.717) is 0 Å². The molecule has 0 spiro atoms. The minimum Gasteiger partial charge on any atom is -0.741 e. The van der Waals surface area contributed by atoms with Crippen LogP contribution in [0.2, 0.25) is 0 Å². The van der Waals surface area contributed by atoms with Crippen LogP contribution in [-0.4, -0.2) is 18.5 Å². The molecule has 206 valence electrons.